The molecule has 0 unspecified atom stereocenters. The lowest BCUT2D eigenvalue weighted by atomic mass is 10.1. The Balaban J connectivity index is 1.41. The van der Waals surface area contributed by atoms with Crippen molar-refractivity contribution < 1.29 is 28.5 Å². The predicted octanol–water partition coefficient (Wildman–Crippen LogP) is 8.43. The molecule has 0 radical (unpaired) electrons. The second-order valence-corrected chi connectivity index (χ2v) is 11.1. The van der Waals surface area contributed by atoms with Crippen LogP contribution in [-0.2, 0) is 36.8 Å². The molecule has 0 atom stereocenters. The zero-order chi connectivity index (χ0) is 31.3. The summed E-state index contributed by atoms with van der Waals surface area (Å²) in [4.78, 5) is 12.2. The Bertz CT molecular complexity index is 1550. The lowest BCUT2D eigenvalue weighted by Gasteiger charge is -2.19. The Morgan fingerprint density at radius 1 is 0.750 bits per heavy atom. The number of para-hydroxylation sites is 1. The first-order chi connectivity index (χ1) is 21.4. The first kappa shape index (κ1) is 32.8. The third kappa shape index (κ3) is 8.71. The van der Waals surface area contributed by atoms with Crippen LogP contribution >= 0.6 is 12.2 Å². The Morgan fingerprint density at radius 2 is 1.43 bits per heavy atom. The number of carbonyl (C=O) groups excluding carboxylic acids is 1. The molecule has 230 valence electrons. The minimum Gasteiger partial charge on any atom is -0.493 e. The van der Waals surface area contributed by atoms with E-state index in [1.807, 2.05) is 66.7 Å². The summed E-state index contributed by atoms with van der Waals surface area (Å²) < 4.78 is 30.1. The highest BCUT2D eigenvalue weighted by Gasteiger charge is 2.17. The molecule has 0 saturated heterocycles. The number of hydrogen-bond acceptors (Lipinski definition) is 8. The first-order valence-corrected chi connectivity index (χ1v) is 15.5. The fraction of sp³-hybridized carbons (Fsp3) is 0.278. The van der Waals surface area contributed by atoms with Crippen molar-refractivity contribution in [3.05, 3.63) is 113 Å². The lowest BCUT2D eigenvalue weighted by Crippen LogP contribution is -2.09. The summed E-state index contributed by atoms with van der Waals surface area (Å²) in [7, 11) is 1.35. The van der Waals surface area contributed by atoms with Crippen molar-refractivity contribution in [2.24, 2.45) is 0 Å². The van der Waals surface area contributed by atoms with Crippen molar-refractivity contribution in [2.75, 3.05) is 20.3 Å². The molecule has 0 N–H and O–H groups in total. The molecule has 0 aliphatic rings. The molecule has 4 rings (SSSR count). The largest absolute Gasteiger partial charge is 0.493 e. The van der Waals surface area contributed by atoms with Gasteiger partial charge >= 0.3 is 5.97 Å². The normalized spacial score (nSPS) is 10.6. The van der Waals surface area contributed by atoms with Gasteiger partial charge in [0.05, 0.1) is 20.3 Å². The Kier molecular flexibility index (Phi) is 12.4. The van der Waals surface area contributed by atoms with Crippen LogP contribution in [0.3, 0.4) is 0 Å². The summed E-state index contributed by atoms with van der Waals surface area (Å²) in [5, 5.41) is 0. The maximum atomic E-state index is 12.2. The Labute approximate surface area is 270 Å². The Hall–Kier alpha value is -4.14. The number of rotatable bonds is 16. The van der Waals surface area contributed by atoms with E-state index in [0.29, 0.717) is 53.3 Å². The van der Waals surface area contributed by atoms with Gasteiger partial charge in [0.15, 0.2) is 0 Å². The van der Waals surface area contributed by atoms with Gasteiger partial charge in [-0.3, -0.25) is 0 Å². The van der Waals surface area contributed by atoms with Crippen LogP contribution in [0.2, 0.25) is 0 Å². The van der Waals surface area contributed by atoms with Gasteiger partial charge < -0.3 is 48.5 Å². The summed E-state index contributed by atoms with van der Waals surface area (Å²) in [5.41, 5.74) is 4.11. The van der Waals surface area contributed by atoms with Crippen LogP contribution in [0.25, 0.3) is 0 Å². The molecule has 0 aromatic heterocycles. The SMILES string of the molecule is CCCc1c(OCCCOc2cc(OCc3ccccc3)c(C(=S)[S-])cc2CC)cccc1Oc1ccccc1C(=O)OC. The van der Waals surface area contributed by atoms with Gasteiger partial charge in [-0.1, -0.05) is 68.8 Å². The van der Waals surface area contributed by atoms with Crippen molar-refractivity contribution in [1.29, 1.82) is 0 Å². The number of thiocarbonyl (C=S) groups is 1. The maximum absolute atomic E-state index is 12.2. The summed E-state index contributed by atoms with van der Waals surface area (Å²) in [6.45, 7) is 5.48. The number of ether oxygens (including phenoxy) is 5. The molecular formula is C36H37O6S2-. The van der Waals surface area contributed by atoms with Crippen molar-refractivity contribution in [2.45, 2.75) is 46.1 Å². The molecule has 6 nitrogen and oxygen atoms in total. The molecule has 4 aromatic carbocycles. The van der Waals surface area contributed by atoms with Crippen LogP contribution in [0.4, 0.5) is 0 Å². The second kappa shape index (κ2) is 16.6. The zero-order valence-electron chi connectivity index (χ0n) is 25.3. The molecule has 8 heteroatoms. The summed E-state index contributed by atoms with van der Waals surface area (Å²) in [5.74, 6) is 2.74. The van der Waals surface area contributed by atoms with Gasteiger partial charge in [0.1, 0.15) is 40.9 Å². The van der Waals surface area contributed by atoms with Crippen LogP contribution in [0.15, 0.2) is 84.9 Å². The van der Waals surface area contributed by atoms with E-state index >= 15 is 0 Å². The zero-order valence-corrected chi connectivity index (χ0v) is 26.9. The van der Waals surface area contributed by atoms with E-state index in [2.05, 4.69) is 13.8 Å². The van der Waals surface area contributed by atoms with Gasteiger partial charge in [0.25, 0.3) is 0 Å². The number of carbonyl (C=O) groups is 1. The van der Waals surface area contributed by atoms with Crippen molar-refractivity contribution in [3.63, 3.8) is 0 Å². The molecule has 0 bridgehead atoms. The first-order valence-electron chi connectivity index (χ1n) is 14.7. The second-order valence-electron chi connectivity index (χ2n) is 9.99. The fourth-order valence-electron chi connectivity index (χ4n) is 4.68. The predicted molar refractivity (Wildman–Crippen MR) is 180 cm³/mol. The van der Waals surface area contributed by atoms with Gasteiger partial charge in [0, 0.05) is 23.6 Å². The highest BCUT2D eigenvalue weighted by atomic mass is 32.1. The minimum atomic E-state index is -0.451. The molecule has 0 aliphatic heterocycles. The molecular weight excluding hydrogens is 593 g/mol. The van der Waals surface area contributed by atoms with E-state index in [0.717, 1.165) is 53.0 Å². The molecule has 0 aliphatic carbocycles. The number of methoxy groups -OCH3 is 1. The van der Waals surface area contributed by atoms with Gasteiger partial charge in [-0.15, -0.1) is 4.20 Å². The minimum absolute atomic E-state index is 0.364. The quantitative estimate of drug-likeness (QED) is 0.0530. The topological polar surface area (TPSA) is 63.2 Å². The fourth-order valence-corrected chi connectivity index (χ4v) is 5.00. The molecule has 0 spiro atoms. The highest BCUT2D eigenvalue weighted by Crippen LogP contribution is 2.35. The van der Waals surface area contributed by atoms with Crippen molar-refractivity contribution >= 4 is 35.0 Å². The van der Waals surface area contributed by atoms with Crippen LogP contribution < -0.4 is 18.9 Å². The van der Waals surface area contributed by atoms with Crippen LogP contribution in [0, 0.1) is 0 Å². The third-order valence-corrected chi connectivity index (χ3v) is 7.35. The summed E-state index contributed by atoms with van der Waals surface area (Å²) >= 11 is 10.7. The number of aryl methyl sites for hydroxylation is 1. The third-order valence-electron chi connectivity index (χ3n) is 6.91. The summed E-state index contributed by atoms with van der Waals surface area (Å²) in [6, 6.07) is 26.6. The van der Waals surface area contributed by atoms with Gasteiger partial charge in [-0.25, -0.2) is 4.79 Å². The summed E-state index contributed by atoms with van der Waals surface area (Å²) in [6.07, 6.45) is 3.08. The monoisotopic (exact) mass is 629 g/mol. The van der Waals surface area contributed by atoms with E-state index in [1.54, 1.807) is 18.2 Å². The Morgan fingerprint density at radius 3 is 2.14 bits per heavy atom. The standard InChI is InChI=1S/C36H38O6S2/c1-4-13-27-30(18-11-19-31(27)42-32-17-10-9-16-28(32)35(37)38-3)39-20-12-21-40-33-23-34(29(36(43)44)22-26(33)5-2)41-24-25-14-7-6-8-15-25/h6-11,14-19,22-23H,4-5,12-13,20-21,24H2,1-3H3,(H,43,44)/p-1. The number of esters is 1. The molecule has 4 aromatic rings. The van der Waals surface area contributed by atoms with E-state index in [1.165, 1.54) is 7.11 Å². The average molecular weight is 630 g/mol. The highest BCUT2D eigenvalue weighted by molar-refractivity contribution is 8.01. The number of hydrogen-bond donors (Lipinski definition) is 0. The molecule has 0 amide bonds. The molecule has 44 heavy (non-hydrogen) atoms. The van der Waals surface area contributed by atoms with E-state index < -0.39 is 5.97 Å². The van der Waals surface area contributed by atoms with Gasteiger partial charge in [0.2, 0.25) is 0 Å². The van der Waals surface area contributed by atoms with Crippen LogP contribution in [-0.4, -0.2) is 30.5 Å². The van der Waals surface area contributed by atoms with Crippen molar-refractivity contribution in [3.8, 4) is 28.7 Å². The van der Waals surface area contributed by atoms with Crippen LogP contribution in [0.5, 0.6) is 28.7 Å². The molecule has 0 fully saturated rings. The lowest BCUT2D eigenvalue weighted by molar-refractivity contribution is 0.0598. The molecule has 0 saturated carbocycles. The smallest absolute Gasteiger partial charge is 0.341 e. The van der Waals surface area contributed by atoms with E-state index in [9.17, 15) is 4.79 Å². The van der Waals surface area contributed by atoms with Crippen molar-refractivity contribution in [1.82, 2.24) is 0 Å². The maximum Gasteiger partial charge on any atom is 0.341 e. The van der Waals surface area contributed by atoms with E-state index in [-0.39, 0.29) is 0 Å². The van der Waals surface area contributed by atoms with E-state index in [4.69, 9.17) is 48.5 Å². The van der Waals surface area contributed by atoms with Crippen LogP contribution in [0.1, 0.15) is 59.3 Å². The molecule has 0 heterocycles. The average Bonchev–Trinajstić information content (AvgIpc) is 3.05. The van der Waals surface area contributed by atoms with Gasteiger partial charge in [-0.2, -0.15) is 0 Å². The van der Waals surface area contributed by atoms with Gasteiger partial charge in [-0.05, 0) is 54.3 Å². The number of benzene rings is 4.